The molecule has 1 aromatic carbocycles. The molecule has 1 heterocycles. The molecule has 100 valence electrons. The summed E-state index contributed by atoms with van der Waals surface area (Å²) < 4.78 is 6.66. The number of nitrogens with one attached hydrogen (secondary N) is 1. The number of esters is 1. The molecular weight excluding hydrogens is 242 g/mol. The Balaban J connectivity index is 2.09. The van der Waals surface area contributed by atoms with Crippen LogP contribution in [0.15, 0.2) is 30.6 Å². The lowest BCUT2D eigenvalue weighted by atomic mass is 10.1. The van der Waals surface area contributed by atoms with Gasteiger partial charge in [-0.25, -0.2) is 9.78 Å². The van der Waals surface area contributed by atoms with Gasteiger partial charge in [-0.15, -0.1) is 0 Å². The second-order valence-corrected chi connectivity index (χ2v) is 4.33. The average molecular weight is 259 g/mol. The zero-order valence-electron chi connectivity index (χ0n) is 11.3. The number of ether oxygens (including phenoxy) is 1. The van der Waals surface area contributed by atoms with Crippen molar-refractivity contribution in [1.29, 1.82) is 0 Å². The van der Waals surface area contributed by atoms with E-state index in [-0.39, 0.29) is 5.97 Å². The summed E-state index contributed by atoms with van der Waals surface area (Å²) in [7, 11) is 3.34. The fourth-order valence-electron chi connectivity index (χ4n) is 1.85. The number of aromatic nitrogens is 2. The third kappa shape index (κ3) is 2.93. The van der Waals surface area contributed by atoms with Crippen LogP contribution >= 0.6 is 0 Å². The van der Waals surface area contributed by atoms with Crippen LogP contribution < -0.4 is 5.32 Å². The lowest BCUT2D eigenvalue weighted by Gasteiger charge is -2.10. The highest BCUT2D eigenvalue weighted by Crippen LogP contribution is 2.17. The second kappa shape index (κ2) is 5.56. The number of carbonyl (C=O) groups is 1. The van der Waals surface area contributed by atoms with Gasteiger partial charge in [0.15, 0.2) is 0 Å². The van der Waals surface area contributed by atoms with Gasteiger partial charge in [0.25, 0.3) is 0 Å². The average Bonchev–Trinajstić information content (AvgIpc) is 2.82. The Labute approximate surface area is 112 Å². The van der Waals surface area contributed by atoms with E-state index in [1.165, 1.54) is 7.11 Å². The molecule has 1 N–H and O–H groups in total. The van der Waals surface area contributed by atoms with Gasteiger partial charge in [-0.1, -0.05) is 0 Å². The van der Waals surface area contributed by atoms with Crippen molar-refractivity contribution < 1.29 is 9.53 Å². The van der Waals surface area contributed by atoms with Crippen molar-refractivity contribution in [2.45, 2.75) is 13.5 Å². The number of imidazole rings is 1. The molecule has 2 aromatic rings. The van der Waals surface area contributed by atoms with Gasteiger partial charge in [0.2, 0.25) is 0 Å². The monoisotopic (exact) mass is 259 g/mol. The van der Waals surface area contributed by atoms with Crippen LogP contribution in [-0.2, 0) is 18.3 Å². The first-order chi connectivity index (χ1) is 9.11. The van der Waals surface area contributed by atoms with Gasteiger partial charge in [-0.3, -0.25) is 0 Å². The maximum atomic E-state index is 11.4. The molecule has 0 aliphatic heterocycles. The third-order valence-electron chi connectivity index (χ3n) is 3.01. The van der Waals surface area contributed by atoms with Crippen LogP contribution in [0.5, 0.6) is 0 Å². The minimum absolute atomic E-state index is 0.321. The molecule has 0 amide bonds. The van der Waals surface area contributed by atoms with Gasteiger partial charge in [-0.05, 0) is 30.7 Å². The van der Waals surface area contributed by atoms with Gasteiger partial charge in [0, 0.05) is 25.1 Å². The summed E-state index contributed by atoms with van der Waals surface area (Å²) in [6.07, 6.45) is 3.68. The molecule has 5 heteroatoms. The number of hydrogen-bond donors (Lipinski definition) is 1. The Kier molecular flexibility index (Phi) is 3.85. The molecule has 19 heavy (non-hydrogen) atoms. The normalized spacial score (nSPS) is 10.3. The highest BCUT2D eigenvalue weighted by atomic mass is 16.5. The molecule has 0 unspecified atom stereocenters. The van der Waals surface area contributed by atoms with Crippen molar-refractivity contribution >= 4 is 11.7 Å². The van der Waals surface area contributed by atoms with Crippen molar-refractivity contribution in [1.82, 2.24) is 9.55 Å². The first kappa shape index (κ1) is 13.1. The molecule has 0 bridgehead atoms. The van der Waals surface area contributed by atoms with E-state index in [1.54, 1.807) is 12.3 Å². The molecule has 0 aliphatic rings. The summed E-state index contributed by atoms with van der Waals surface area (Å²) in [6, 6.07) is 5.44. The van der Waals surface area contributed by atoms with Crippen LogP contribution in [0, 0.1) is 6.92 Å². The van der Waals surface area contributed by atoms with Crippen LogP contribution in [0.4, 0.5) is 5.69 Å². The number of carbonyl (C=O) groups excluding carboxylic acids is 1. The topological polar surface area (TPSA) is 56.1 Å². The minimum atomic E-state index is -0.321. The molecule has 0 spiro atoms. The van der Waals surface area contributed by atoms with E-state index < -0.39 is 0 Å². The van der Waals surface area contributed by atoms with Crippen LogP contribution in [0.3, 0.4) is 0 Å². The van der Waals surface area contributed by atoms with E-state index in [0.29, 0.717) is 12.1 Å². The summed E-state index contributed by atoms with van der Waals surface area (Å²) in [5.74, 6) is 0.634. The first-order valence-electron chi connectivity index (χ1n) is 6.01. The number of benzene rings is 1. The second-order valence-electron chi connectivity index (χ2n) is 4.33. The SMILES string of the molecule is COC(=O)c1ccc(NCc2nccn2C)c(C)c1. The zero-order chi connectivity index (χ0) is 13.8. The van der Waals surface area contributed by atoms with Gasteiger partial charge >= 0.3 is 5.97 Å². The van der Waals surface area contributed by atoms with E-state index in [1.807, 2.05) is 36.9 Å². The number of rotatable bonds is 4. The smallest absolute Gasteiger partial charge is 0.337 e. The number of nitrogens with zero attached hydrogens (tertiary/aromatic N) is 2. The van der Waals surface area contributed by atoms with E-state index in [0.717, 1.165) is 17.1 Å². The van der Waals surface area contributed by atoms with E-state index in [9.17, 15) is 4.79 Å². The lowest BCUT2D eigenvalue weighted by Crippen LogP contribution is -2.07. The number of anilines is 1. The minimum Gasteiger partial charge on any atom is -0.465 e. The number of hydrogen-bond acceptors (Lipinski definition) is 4. The first-order valence-corrected chi connectivity index (χ1v) is 6.01. The van der Waals surface area contributed by atoms with Crippen molar-refractivity contribution in [2.75, 3.05) is 12.4 Å². The molecule has 2 rings (SSSR count). The third-order valence-corrected chi connectivity index (χ3v) is 3.01. The quantitative estimate of drug-likeness (QED) is 0.855. The van der Waals surface area contributed by atoms with Crippen molar-refractivity contribution in [2.24, 2.45) is 7.05 Å². The van der Waals surface area contributed by atoms with Gasteiger partial charge < -0.3 is 14.6 Å². The van der Waals surface area contributed by atoms with E-state index in [4.69, 9.17) is 4.74 Å². The molecule has 0 atom stereocenters. The summed E-state index contributed by atoms with van der Waals surface area (Å²) in [4.78, 5) is 15.7. The van der Waals surface area contributed by atoms with Crippen LogP contribution in [0.25, 0.3) is 0 Å². The molecule has 0 aliphatic carbocycles. The fourth-order valence-corrected chi connectivity index (χ4v) is 1.85. The van der Waals surface area contributed by atoms with Gasteiger partial charge in [-0.2, -0.15) is 0 Å². The molecule has 0 fully saturated rings. The highest BCUT2D eigenvalue weighted by molar-refractivity contribution is 5.90. The summed E-state index contributed by atoms with van der Waals surface area (Å²) in [5, 5.41) is 3.30. The Morgan fingerprint density at radius 2 is 2.26 bits per heavy atom. The highest BCUT2D eigenvalue weighted by Gasteiger charge is 2.07. The maximum Gasteiger partial charge on any atom is 0.337 e. The maximum absolute atomic E-state index is 11.4. The standard InChI is InChI=1S/C14H17N3O2/c1-10-8-11(14(18)19-3)4-5-12(10)16-9-13-15-6-7-17(13)2/h4-8,16H,9H2,1-3H3. The molecule has 0 saturated carbocycles. The van der Waals surface area contributed by atoms with Crippen LogP contribution in [0.1, 0.15) is 21.7 Å². The van der Waals surface area contributed by atoms with Crippen molar-refractivity contribution in [3.63, 3.8) is 0 Å². The van der Waals surface area contributed by atoms with Crippen LogP contribution in [-0.4, -0.2) is 22.6 Å². The van der Waals surface area contributed by atoms with Gasteiger partial charge in [0.05, 0.1) is 19.2 Å². The molecular formula is C14H17N3O2. The molecule has 1 aromatic heterocycles. The van der Waals surface area contributed by atoms with E-state index >= 15 is 0 Å². The van der Waals surface area contributed by atoms with Crippen molar-refractivity contribution in [3.8, 4) is 0 Å². The Morgan fingerprint density at radius 3 is 2.84 bits per heavy atom. The largest absolute Gasteiger partial charge is 0.465 e. The summed E-state index contributed by atoms with van der Waals surface area (Å²) in [6.45, 7) is 2.59. The predicted molar refractivity (Wildman–Crippen MR) is 73.1 cm³/mol. The summed E-state index contributed by atoms with van der Waals surface area (Å²) >= 11 is 0. The Morgan fingerprint density at radius 1 is 1.47 bits per heavy atom. The molecule has 0 saturated heterocycles. The summed E-state index contributed by atoms with van der Waals surface area (Å²) in [5.41, 5.74) is 2.54. The predicted octanol–water partition coefficient (Wildman–Crippen LogP) is 2.13. The van der Waals surface area contributed by atoms with E-state index in [2.05, 4.69) is 10.3 Å². The number of methoxy groups -OCH3 is 1. The molecule has 0 radical (unpaired) electrons. The zero-order valence-corrected chi connectivity index (χ0v) is 11.3. The van der Waals surface area contributed by atoms with Gasteiger partial charge in [0.1, 0.15) is 5.82 Å². The van der Waals surface area contributed by atoms with Crippen molar-refractivity contribution in [3.05, 3.63) is 47.5 Å². The molecule has 5 nitrogen and oxygen atoms in total. The number of aryl methyl sites for hydroxylation is 2. The van der Waals surface area contributed by atoms with Crippen LogP contribution in [0.2, 0.25) is 0 Å². The Bertz CT molecular complexity index is 590. The Hall–Kier alpha value is -2.30. The fraction of sp³-hybridized carbons (Fsp3) is 0.286. The lowest BCUT2D eigenvalue weighted by molar-refractivity contribution is 0.0600.